The minimum atomic E-state index is -0.723. The molecule has 4 aromatic rings. The molecular formula is C27H29FN8O2. The first kappa shape index (κ1) is 25.4. The van der Waals surface area contributed by atoms with E-state index in [0.717, 1.165) is 0 Å². The molecule has 3 N–H and O–H groups in total. The molecule has 0 atom stereocenters. The number of rotatable bonds is 9. The van der Waals surface area contributed by atoms with E-state index >= 15 is 0 Å². The van der Waals surface area contributed by atoms with Crippen molar-refractivity contribution in [3.63, 3.8) is 0 Å². The minimum absolute atomic E-state index is 0.163. The third-order valence-electron chi connectivity index (χ3n) is 6.55. The van der Waals surface area contributed by atoms with E-state index in [9.17, 15) is 9.18 Å². The third kappa shape index (κ3) is 4.60. The van der Waals surface area contributed by atoms with E-state index in [4.69, 9.17) is 15.6 Å². The molecule has 0 saturated heterocycles. The molecule has 0 spiro atoms. The molecule has 3 aromatic heterocycles. The molecule has 196 valence electrons. The van der Waals surface area contributed by atoms with Crippen molar-refractivity contribution in [1.82, 2.24) is 30.0 Å². The lowest BCUT2D eigenvalue weighted by atomic mass is 9.84. The standard InChI is InChI=1S/C27H29FN8O2/c1-4-38-14-8-13-31-25(37)21-19-22(34-26(29)27(19,2)3)33-23(32-21)20-17-10-7-12-30-24(17)36(35-20)15-16-9-5-6-11-18(16)28/h5-7,9-12H,4,8,13-15H2,1-3H3,(H,31,37)(H2,29,32,33,34). The topological polar surface area (TPSA) is 133 Å². The average molecular weight is 517 g/mol. The van der Waals surface area contributed by atoms with E-state index in [1.54, 1.807) is 35.1 Å². The second-order valence-corrected chi connectivity index (χ2v) is 9.50. The number of nitrogens with zero attached hydrogens (tertiary/aromatic N) is 6. The van der Waals surface area contributed by atoms with Crippen molar-refractivity contribution in [3.8, 4) is 11.5 Å². The largest absolute Gasteiger partial charge is 0.386 e. The van der Waals surface area contributed by atoms with Gasteiger partial charge in [0, 0.05) is 37.1 Å². The van der Waals surface area contributed by atoms with Gasteiger partial charge in [-0.3, -0.25) is 4.79 Å². The number of pyridine rings is 1. The predicted molar refractivity (Wildman–Crippen MR) is 142 cm³/mol. The van der Waals surface area contributed by atoms with Crippen LogP contribution in [0.3, 0.4) is 0 Å². The van der Waals surface area contributed by atoms with E-state index < -0.39 is 5.41 Å². The number of fused-ring (bicyclic) bond motifs is 2. The van der Waals surface area contributed by atoms with Gasteiger partial charge in [-0.05, 0) is 45.4 Å². The van der Waals surface area contributed by atoms with Crippen LogP contribution in [0.5, 0.6) is 0 Å². The summed E-state index contributed by atoms with van der Waals surface area (Å²) in [5, 5.41) is 8.29. The molecule has 0 aliphatic carbocycles. The number of ether oxygens (including phenoxy) is 1. The minimum Gasteiger partial charge on any atom is -0.386 e. The van der Waals surface area contributed by atoms with Crippen LogP contribution in [-0.4, -0.2) is 56.2 Å². The zero-order chi connectivity index (χ0) is 26.9. The number of nitrogens with two attached hydrogens (primary N) is 1. The molecular weight excluding hydrogens is 487 g/mol. The molecule has 10 nitrogen and oxygen atoms in total. The van der Waals surface area contributed by atoms with Gasteiger partial charge in [-0.15, -0.1) is 0 Å². The number of hydrogen-bond acceptors (Lipinski definition) is 8. The van der Waals surface area contributed by atoms with E-state index in [1.807, 2.05) is 26.8 Å². The van der Waals surface area contributed by atoms with Gasteiger partial charge in [-0.25, -0.2) is 29.0 Å². The molecule has 11 heteroatoms. The van der Waals surface area contributed by atoms with Gasteiger partial charge < -0.3 is 15.8 Å². The quantitative estimate of drug-likeness (QED) is 0.325. The fraction of sp³-hybridized carbons (Fsp3) is 0.333. The summed E-state index contributed by atoms with van der Waals surface area (Å²) in [6.45, 7) is 7.44. The lowest BCUT2D eigenvalue weighted by molar-refractivity contribution is 0.0937. The maximum absolute atomic E-state index is 14.4. The summed E-state index contributed by atoms with van der Waals surface area (Å²) >= 11 is 0. The maximum atomic E-state index is 14.4. The van der Waals surface area contributed by atoms with Crippen molar-refractivity contribution >= 4 is 28.6 Å². The summed E-state index contributed by atoms with van der Waals surface area (Å²) in [4.78, 5) is 31.6. The second kappa shape index (κ2) is 10.3. The number of aromatic nitrogens is 5. The average Bonchev–Trinajstić information content (AvgIpc) is 3.38. The summed E-state index contributed by atoms with van der Waals surface area (Å²) in [6.07, 6.45) is 2.31. The van der Waals surface area contributed by atoms with Crippen molar-refractivity contribution < 1.29 is 13.9 Å². The van der Waals surface area contributed by atoms with Crippen LogP contribution in [-0.2, 0) is 16.7 Å². The Kier molecular flexibility index (Phi) is 6.85. The fourth-order valence-electron chi connectivity index (χ4n) is 4.43. The molecule has 4 heterocycles. The lowest BCUT2D eigenvalue weighted by Crippen LogP contribution is -2.36. The number of hydrogen-bond donors (Lipinski definition) is 2. The van der Waals surface area contributed by atoms with Crippen LogP contribution in [0.2, 0.25) is 0 Å². The summed E-state index contributed by atoms with van der Waals surface area (Å²) in [7, 11) is 0. The highest BCUT2D eigenvalue weighted by atomic mass is 19.1. The van der Waals surface area contributed by atoms with E-state index in [-0.39, 0.29) is 29.8 Å². The van der Waals surface area contributed by atoms with Crippen molar-refractivity contribution in [2.45, 2.75) is 39.2 Å². The summed E-state index contributed by atoms with van der Waals surface area (Å²) < 4.78 is 21.4. The van der Waals surface area contributed by atoms with Crippen LogP contribution in [0.25, 0.3) is 22.6 Å². The summed E-state index contributed by atoms with van der Waals surface area (Å²) in [5.41, 5.74) is 7.69. The molecule has 0 unspecified atom stereocenters. The highest BCUT2D eigenvalue weighted by Crippen LogP contribution is 2.40. The highest BCUT2D eigenvalue weighted by Gasteiger charge is 2.40. The Morgan fingerprint density at radius 1 is 1.18 bits per heavy atom. The van der Waals surface area contributed by atoms with Gasteiger partial charge in [0.05, 0.1) is 17.3 Å². The molecule has 0 bridgehead atoms. The molecule has 1 amide bonds. The van der Waals surface area contributed by atoms with E-state index in [2.05, 4.69) is 25.3 Å². The normalized spacial score (nSPS) is 13.9. The maximum Gasteiger partial charge on any atom is 0.270 e. The number of halogens is 1. The first-order valence-electron chi connectivity index (χ1n) is 12.5. The number of carbonyl (C=O) groups excluding carboxylic acids is 1. The molecule has 38 heavy (non-hydrogen) atoms. The van der Waals surface area contributed by atoms with Crippen LogP contribution in [0, 0.1) is 5.82 Å². The Bertz CT molecular complexity index is 1550. The van der Waals surface area contributed by atoms with Crippen molar-refractivity contribution in [3.05, 3.63) is 65.2 Å². The zero-order valence-corrected chi connectivity index (χ0v) is 21.5. The first-order chi connectivity index (χ1) is 18.3. The van der Waals surface area contributed by atoms with Gasteiger partial charge in [0.15, 0.2) is 17.3 Å². The Labute approximate surface area is 219 Å². The van der Waals surface area contributed by atoms with Crippen LogP contribution >= 0.6 is 0 Å². The van der Waals surface area contributed by atoms with Crippen LogP contribution in [0.15, 0.2) is 47.6 Å². The Morgan fingerprint density at radius 3 is 2.79 bits per heavy atom. The van der Waals surface area contributed by atoms with Gasteiger partial charge in [-0.2, -0.15) is 5.10 Å². The Morgan fingerprint density at radius 2 is 2.00 bits per heavy atom. The Hall–Kier alpha value is -4.25. The second-order valence-electron chi connectivity index (χ2n) is 9.50. The Balaban J connectivity index is 1.59. The first-order valence-corrected chi connectivity index (χ1v) is 12.5. The van der Waals surface area contributed by atoms with Gasteiger partial charge in [0.2, 0.25) is 0 Å². The summed E-state index contributed by atoms with van der Waals surface area (Å²) in [6, 6.07) is 10.1. The van der Waals surface area contributed by atoms with Crippen molar-refractivity contribution in [1.29, 1.82) is 0 Å². The number of amidine groups is 1. The monoisotopic (exact) mass is 516 g/mol. The molecule has 1 aliphatic rings. The van der Waals surface area contributed by atoms with Gasteiger partial charge in [0.1, 0.15) is 23.0 Å². The number of carbonyl (C=O) groups is 1. The molecule has 5 rings (SSSR count). The number of amides is 1. The van der Waals surface area contributed by atoms with Crippen LogP contribution in [0.1, 0.15) is 48.8 Å². The van der Waals surface area contributed by atoms with Gasteiger partial charge >= 0.3 is 0 Å². The SMILES string of the molecule is CCOCCCNC(=O)c1nc(-c2nn(Cc3ccccc3F)c3ncccc23)nc2c1C(C)(C)C(N)=N2. The van der Waals surface area contributed by atoms with E-state index in [1.165, 1.54) is 6.07 Å². The number of nitrogens with one attached hydrogen (secondary N) is 1. The molecule has 0 saturated carbocycles. The zero-order valence-electron chi connectivity index (χ0n) is 21.5. The highest BCUT2D eigenvalue weighted by molar-refractivity contribution is 6.04. The van der Waals surface area contributed by atoms with Gasteiger partial charge in [-0.1, -0.05) is 18.2 Å². The van der Waals surface area contributed by atoms with Crippen LogP contribution in [0.4, 0.5) is 10.2 Å². The predicted octanol–water partition coefficient (Wildman–Crippen LogP) is 3.51. The van der Waals surface area contributed by atoms with Crippen LogP contribution < -0.4 is 11.1 Å². The number of aliphatic imine (C=N–C) groups is 1. The molecule has 1 aliphatic heterocycles. The van der Waals surface area contributed by atoms with Crippen molar-refractivity contribution in [2.75, 3.05) is 19.8 Å². The van der Waals surface area contributed by atoms with E-state index in [0.29, 0.717) is 65.7 Å². The fourth-order valence-corrected chi connectivity index (χ4v) is 4.43. The lowest BCUT2D eigenvalue weighted by Gasteiger charge is -2.21. The number of benzene rings is 1. The molecule has 0 fully saturated rings. The molecule has 0 radical (unpaired) electrons. The third-order valence-corrected chi connectivity index (χ3v) is 6.55. The smallest absolute Gasteiger partial charge is 0.270 e. The summed E-state index contributed by atoms with van der Waals surface area (Å²) in [5.74, 6) is 0.201. The van der Waals surface area contributed by atoms with Crippen molar-refractivity contribution in [2.24, 2.45) is 10.7 Å². The van der Waals surface area contributed by atoms with Gasteiger partial charge in [0.25, 0.3) is 5.91 Å². The molecule has 1 aromatic carbocycles.